The first kappa shape index (κ1) is 14.0. The second-order valence-corrected chi connectivity index (χ2v) is 4.23. The number of aromatic nitrogens is 2. The van der Waals surface area contributed by atoms with Crippen LogP contribution in [0.3, 0.4) is 0 Å². The monoisotopic (exact) mass is 257 g/mol. The highest BCUT2D eigenvalue weighted by atomic mass is 35.5. The molecule has 0 aromatic carbocycles. The number of alkyl halides is 1. The van der Waals surface area contributed by atoms with Crippen LogP contribution in [-0.2, 0) is 13.0 Å². The van der Waals surface area contributed by atoms with Crippen molar-refractivity contribution in [2.24, 2.45) is 0 Å². The SMILES string of the molecule is CCc1cc(C(=O)NC(CC)CCl)n(CC)n1. The van der Waals surface area contributed by atoms with Crippen LogP contribution in [0.5, 0.6) is 0 Å². The Morgan fingerprint density at radius 3 is 2.71 bits per heavy atom. The van der Waals surface area contributed by atoms with Crippen LogP contribution < -0.4 is 5.32 Å². The Kier molecular flexibility index (Phi) is 5.48. The second kappa shape index (κ2) is 6.64. The molecule has 0 aliphatic carbocycles. The topological polar surface area (TPSA) is 46.9 Å². The van der Waals surface area contributed by atoms with Crippen molar-refractivity contribution in [2.45, 2.75) is 46.2 Å². The van der Waals surface area contributed by atoms with Gasteiger partial charge in [0.1, 0.15) is 5.69 Å². The summed E-state index contributed by atoms with van der Waals surface area (Å²) in [6.45, 7) is 6.70. The lowest BCUT2D eigenvalue weighted by Crippen LogP contribution is -2.36. The van der Waals surface area contributed by atoms with Gasteiger partial charge in [0, 0.05) is 18.5 Å². The molecule has 0 saturated heterocycles. The molecule has 0 aliphatic rings. The van der Waals surface area contributed by atoms with Gasteiger partial charge in [0.05, 0.1) is 5.69 Å². The zero-order valence-corrected chi connectivity index (χ0v) is 11.4. The molecule has 1 aromatic heterocycles. The summed E-state index contributed by atoms with van der Waals surface area (Å²) in [4.78, 5) is 12.1. The van der Waals surface area contributed by atoms with Crippen LogP contribution in [0.4, 0.5) is 0 Å². The van der Waals surface area contributed by atoms with Crippen LogP contribution >= 0.6 is 11.6 Å². The molecule has 96 valence electrons. The average Bonchev–Trinajstić information content (AvgIpc) is 2.78. The molecule has 1 unspecified atom stereocenters. The molecule has 1 N–H and O–H groups in total. The quantitative estimate of drug-likeness (QED) is 0.795. The molecule has 1 atom stereocenters. The van der Waals surface area contributed by atoms with Crippen molar-refractivity contribution in [3.63, 3.8) is 0 Å². The summed E-state index contributed by atoms with van der Waals surface area (Å²) >= 11 is 5.77. The van der Waals surface area contributed by atoms with Gasteiger partial charge in [0.2, 0.25) is 0 Å². The van der Waals surface area contributed by atoms with E-state index >= 15 is 0 Å². The number of halogens is 1. The van der Waals surface area contributed by atoms with E-state index in [1.807, 2.05) is 26.8 Å². The Morgan fingerprint density at radius 2 is 2.24 bits per heavy atom. The van der Waals surface area contributed by atoms with Crippen LogP contribution in [-0.4, -0.2) is 27.6 Å². The minimum atomic E-state index is -0.0912. The van der Waals surface area contributed by atoms with Gasteiger partial charge in [-0.3, -0.25) is 9.48 Å². The van der Waals surface area contributed by atoms with Crippen LogP contribution in [0.1, 0.15) is 43.4 Å². The molecule has 0 bridgehead atoms. The van der Waals surface area contributed by atoms with Crippen molar-refractivity contribution in [1.29, 1.82) is 0 Å². The van der Waals surface area contributed by atoms with Crippen molar-refractivity contribution in [2.75, 3.05) is 5.88 Å². The van der Waals surface area contributed by atoms with E-state index in [0.717, 1.165) is 18.5 Å². The normalized spacial score (nSPS) is 12.5. The maximum absolute atomic E-state index is 12.1. The second-order valence-electron chi connectivity index (χ2n) is 3.92. The third-order valence-electron chi connectivity index (χ3n) is 2.74. The highest BCUT2D eigenvalue weighted by molar-refractivity contribution is 6.18. The number of hydrogen-bond acceptors (Lipinski definition) is 2. The minimum absolute atomic E-state index is 0.0226. The fourth-order valence-electron chi connectivity index (χ4n) is 1.58. The summed E-state index contributed by atoms with van der Waals surface area (Å²) in [5.41, 5.74) is 1.56. The van der Waals surface area contributed by atoms with Gasteiger partial charge in [0.15, 0.2) is 0 Å². The van der Waals surface area contributed by atoms with Gasteiger partial charge in [-0.15, -0.1) is 11.6 Å². The molecule has 4 nitrogen and oxygen atoms in total. The summed E-state index contributed by atoms with van der Waals surface area (Å²) in [6, 6.07) is 1.87. The Labute approximate surface area is 107 Å². The molecule has 1 aromatic rings. The first-order valence-corrected chi connectivity index (χ1v) is 6.63. The Hall–Kier alpha value is -1.03. The van der Waals surface area contributed by atoms with Gasteiger partial charge in [0.25, 0.3) is 5.91 Å². The molecule has 5 heteroatoms. The molecule has 0 saturated carbocycles. The molecular weight excluding hydrogens is 238 g/mol. The molecule has 1 amide bonds. The van der Waals surface area contributed by atoms with E-state index in [2.05, 4.69) is 10.4 Å². The number of carbonyl (C=O) groups excluding carboxylic acids is 1. The number of amides is 1. The van der Waals surface area contributed by atoms with E-state index in [9.17, 15) is 4.79 Å². The Bertz CT molecular complexity index is 372. The van der Waals surface area contributed by atoms with Crippen molar-refractivity contribution in [3.05, 3.63) is 17.5 Å². The highest BCUT2D eigenvalue weighted by Crippen LogP contribution is 2.07. The third-order valence-corrected chi connectivity index (χ3v) is 3.11. The number of hydrogen-bond donors (Lipinski definition) is 1. The highest BCUT2D eigenvalue weighted by Gasteiger charge is 2.16. The predicted molar refractivity (Wildman–Crippen MR) is 69.5 cm³/mol. The van der Waals surface area contributed by atoms with Gasteiger partial charge in [-0.2, -0.15) is 5.10 Å². The number of nitrogens with one attached hydrogen (secondary N) is 1. The third kappa shape index (κ3) is 3.46. The maximum Gasteiger partial charge on any atom is 0.269 e. The van der Waals surface area contributed by atoms with E-state index in [0.29, 0.717) is 18.1 Å². The van der Waals surface area contributed by atoms with Crippen molar-refractivity contribution >= 4 is 17.5 Å². The molecular formula is C12H20ClN3O. The van der Waals surface area contributed by atoms with Crippen LogP contribution in [0.25, 0.3) is 0 Å². The van der Waals surface area contributed by atoms with Crippen molar-refractivity contribution < 1.29 is 4.79 Å². The van der Waals surface area contributed by atoms with Gasteiger partial charge in [-0.25, -0.2) is 0 Å². The number of aryl methyl sites for hydroxylation is 2. The minimum Gasteiger partial charge on any atom is -0.347 e. The number of carbonyl (C=O) groups is 1. The zero-order chi connectivity index (χ0) is 12.8. The fraction of sp³-hybridized carbons (Fsp3) is 0.667. The van der Waals surface area contributed by atoms with E-state index < -0.39 is 0 Å². The Balaban J connectivity index is 2.83. The molecule has 0 aliphatic heterocycles. The molecule has 0 spiro atoms. The van der Waals surface area contributed by atoms with Crippen LogP contribution in [0.2, 0.25) is 0 Å². The summed E-state index contributed by atoms with van der Waals surface area (Å²) in [5, 5.41) is 7.26. The smallest absolute Gasteiger partial charge is 0.269 e. The van der Waals surface area contributed by atoms with E-state index in [1.54, 1.807) is 4.68 Å². The van der Waals surface area contributed by atoms with Gasteiger partial charge >= 0.3 is 0 Å². The predicted octanol–water partition coefficient (Wildman–Crippen LogP) is 2.21. The fourth-order valence-corrected chi connectivity index (χ4v) is 1.87. The summed E-state index contributed by atoms with van der Waals surface area (Å²) in [6.07, 6.45) is 1.66. The molecule has 1 heterocycles. The van der Waals surface area contributed by atoms with Gasteiger partial charge in [-0.1, -0.05) is 13.8 Å². The Morgan fingerprint density at radius 1 is 1.53 bits per heavy atom. The van der Waals surface area contributed by atoms with E-state index in [1.165, 1.54) is 0 Å². The molecule has 0 fully saturated rings. The zero-order valence-electron chi connectivity index (χ0n) is 10.7. The van der Waals surface area contributed by atoms with E-state index in [-0.39, 0.29) is 11.9 Å². The average molecular weight is 258 g/mol. The molecule has 0 radical (unpaired) electrons. The van der Waals surface area contributed by atoms with Crippen molar-refractivity contribution in [3.8, 4) is 0 Å². The largest absolute Gasteiger partial charge is 0.347 e. The lowest BCUT2D eigenvalue weighted by atomic mass is 10.2. The number of rotatable bonds is 6. The number of nitrogens with zero attached hydrogens (tertiary/aromatic N) is 2. The van der Waals surface area contributed by atoms with Gasteiger partial charge in [-0.05, 0) is 25.8 Å². The lowest BCUT2D eigenvalue weighted by molar-refractivity contribution is 0.0929. The van der Waals surface area contributed by atoms with Crippen LogP contribution in [0, 0.1) is 0 Å². The van der Waals surface area contributed by atoms with Crippen molar-refractivity contribution in [1.82, 2.24) is 15.1 Å². The first-order chi connectivity index (χ1) is 8.15. The lowest BCUT2D eigenvalue weighted by Gasteiger charge is -2.13. The summed E-state index contributed by atoms with van der Waals surface area (Å²) < 4.78 is 1.73. The molecule has 17 heavy (non-hydrogen) atoms. The first-order valence-electron chi connectivity index (χ1n) is 6.09. The summed E-state index contributed by atoms with van der Waals surface area (Å²) in [5.74, 6) is 0.343. The maximum atomic E-state index is 12.1. The molecule has 1 rings (SSSR count). The standard InChI is InChI=1S/C12H20ClN3O/c1-4-9-7-11(16(6-3)15-9)12(17)14-10(5-2)8-13/h7,10H,4-6,8H2,1-3H3,(H,14,17). The van der Waals surface area contributed by atoms with Gasteiger partial charge < -0.3 is 5.32 Å². The van der Waals surface area contributed by atoms with Crippen LogP contribution in [0.15, 0.2) is 6.07 Å². The summed E-state index contributed by atoms with van der Waals surface area (Å²) in [7, 11) is 0. The van der Waals surface area contributed by atoms with E-state index in [4.69, 9.17) is 11.6 Å².